The van der Waals surface area contributed by atoms with E-state index in [0.29, 0.717) is 11.1 Å². The van der Waals surface area contributed by atoms with E-state index in [1.165, 1.54) is 7.05 Å². The predicted molar refractivity (Wildman–Crippen MR) is 72.9 cm³/mol. The number of hydrogen-bond acceptors (Lipinski definition) is 5. The molecule has 2 rings (SSSR count). The Morgan fingerprint density at radius 2 is 1.80 bits per heavy atom. The average Bonchev–Trinajstić information content (AvgIpc) is 2.71. The molecule has 1 aliphatic heterocycles. The van der Waals surface area contributed by atoms with Gasteiger partial charge in [0.1, 0.15) is 5.71 Å². The van der Waals surface area contributed by atoms with Gasteiger partial charge < -0.3 is 5.32 Å². The summed E-state index contributed by atoms with van der Waals surface area (Å²) in [5.41, 5.74) is 0.581. The maximum Gasteiger partial charge on any atom is 0.269 e. The van der Waals surface area contributed by atoms with Gasteiger partial charge in [0, 0.05) is 13.8 Å². The zero-order valence-corrected chi connectivity index (χ0v) is 10.8. The lowest BCUT2D eigenvalue weighted by Gasteiger charge is -2.13. The summed E-state index contributed by atoms with van der Waals surface area (Å²) in [6.07, 6.45) is 0. The number of nitrogens with one attached hydrogen (secondary N) is 1. The van der Waals surface area contributed by atoms with Gasteiger partial charge in [0.15, 0.2) is 0 Å². The quantitative estimate of drug-likeness (QED) is 0.478. The maximum atomic E-state index is 12.1. The van der Waals surface area contributed by atoms with Crippen LogP contribution in [0.1, 0.15) is 20.7 Å². The first-order valence-corrected chi connectivity index (χ1v) is 5.80. The fraction of sp³-hybridized carbons (Fsp3) is 0.154. The summed E-state index contributed by atoms with van der Waals surface area (Å²) < 4.78 is 0. The molecule has 1 aliphatic rings. The van der Waals surface area contributed by atoms with Gasteiger partial charge >= 0.3 is 0 Å². The lowest BCUT2D eigenvalue weighted by Crippen LogP contribution is -2.40. The van der Waals surface area contributed by atoms with Crippen LogP contribution in [0.3, 0.4) is 0 Å². The third-order valence-electron chi connectivity index (χ3n) is 2.87. The predicted octanol–water partition coefficient (Wildman–Crippen LogP) is 0.0852. The molecular weight excluding hydrogens is 260 g/mol. The van der Waals surface area contributed by atoms with Crippen molar-refractivity contribution in [2.45, 2.75) is 0 Å². The van der Waals surface area contributed by atoms with Crippen molar-refractivity contribution in [2.24, 2.45) is 10.2 Å². The first kappa shape index (κ1) is 13.6. The Kier molecular flexibility index (Phi) is 3.69. The lowest BCUT2D eigenvalue weighted by atomic mass is 10.1. The Bertz CT molecular complexity index is 601. The van der Waals surface area contributed by atoms with Gasteiger partial charge in [-0.25, -0.2) is 0 Å². The molecule has 0 saturated heterocycles. The van der Waals surface area contributed by atoms with Gasteiger partial charge in [-0.2, -0.15) is 5.10 Å². The van der Waals surface area contributed by atoms with Crippen LogP contribution in [-0.2, 0) is 4.79 Å². The molecule has 1 heterocycles. The minimum Gasteiger partial charge on any atom is -0.354 e. The number of carbonyl (C=O) groups is 3. The van der Waals surface area contributed by atoms with Crippen LogP contribution in [0.4, 0.5) is 0 Å². The molecule has 0 radical (unpaired) electrons. The summed E-state index contributed by atoms with van der Waals surface area (Å²) in [6.45, 7) is 2.92. The molecule has 1 aromatic carbocycles. The van der Waals surface area contributed by atoms with Crippen LogP contribution in [0.2, 0.25) is 0 Å². The molecule has 7 heteroatoms. The minimum atomic E-state index is -0.519. The smallest absolute Gasteiger partial charge is 0.269 e. The Hall–Kier alpha value is -2.83. The van der Waals surface area contributed by atoms with Gasteiger partial charge in [-0.1, -0.05) is 12.1 Å². The molecule has 0 aliphatic carbocycles. The molecule has 3 amide bonds. The second-order valence-corrected chi connectivity index (χ2v) is 4.01. The van der Waals surface area contributed by atoms with Crippen molar-refractivity contribution in [3.8, 4) is 0 Å². The van der Waals surface area contributed by atoms with Gasteiger partial charge in [0.05, 0.1) is 17.7 Å². The van der Waals surface area contributed by atoms with Crippen LogP contribution in [0.15, 0.2) is 34.5 Å². The molecule has 1 N–H and O–H groups in total. The number of fused-ring (bicyclic) bond motifs is 1. The Morgan fingerprint density at radius 3 is 2.25 bits per heavy atom. The van der Waals surface area contributed by atoms with Crippen molar-refractivity contribution < 1.29 is 14.4 Å². The number of imide groups is 1. The van der Waals surface area contributed by atoms with Crippen molar-refractivity contribution in [1.82, 2.24) is 10.2 Å². The third-order valence-corrected chi connectivity index (χ3v) is 2.87. The zero-order valence-electron chi connectivity index (χ0n) is 10.8. The van der Waals surface area contributed by atoms with Crippen LogP contribution in [0.5, 0.6) is 0 Å². The van der Waals surface area contributed by atoms with Crippen LogP contribution < -0.4 is 5.32 Å². The fourth-order valence-corrected chi connectivity index (χ4v) is 1.91. The summed E-state index contributed by atoms with van der Waals surface area (Å²) in [5, 5.41) is 9.20. The van der Waals surface area contributed by atoms with Crippen molar-refractivity contribution in [1.29, 1.82) is 0 Å². The second-order valence-electron chi connectivity index (χ2n) is 4.01. The number of nitrogens with zero attached hydrogens (tertiary/aromatic N) is 3. The van der Waals surface area contributed by atoms with E-state index in [0.717, 1.165) is 4.90 Å². The molecule has 0 aromatic heterocycles. The van der Waals surface area contributed by atoms with E-state index in [-0.39, 0.29) is 12.3 Å². The first-order valence-electron chi connectivity index (χ1n) is 5.80. The molecule has 0 saturated carbocycles. The summed E-state index contributed by atoms with van der Waals surface area (Å²) in [4.78, 5) is 36.8. The standard InChI is InChI=1S/C13H12N4O3/c1-14-11(18)10(16-15-2)7-17-12(19)8-5-3-4-6-9(8)13(17)20/h3-6H,2,7H2,1H3,(H,14,18)/b16-10-. The normalized spacial score (nSPS) is 14.2. The van der Waals surface area contributed by atoms with E-state index in [9.17, 15) is 14.4 Å². The molecule has 0 atom stereocenters. The Morgan fingerprint density at radius 1 is 1.25 bits per heavy atom. The Labute approximate surface area is 115 Å². The molecule has 7 nitrogen and oxygen atoms in total. The van der Waals surface area contributed by atoms with E-state index < -0.39 is 17.7 Å². The highest BCUT2D eigenvalue weighted by molar-refractivity contribution is 6.41. The van der Waals surface area contributed by atoms with Gasteiger partial charge in [0.2, 0.25) is 0 Å². The summed E-state index contributed by atoms with van der Waals surface area (Å²) >= 11 is 0. The molecule has 0 bridgehead atoms. The average molecular weight is 272 g/mol. The summed E-state index contributed by atoms with van der Waals surface area (Å²) in [7, 11) is 1.42. The van der Waals surface area contributed by atoms with Crippen molar-refractivity contribution in [3.63, 3.8) is 0 Å². The number of benzene rings is 1. The molecule has 1 aromatic rings. The zero-order chi connectivity index (χ0) is 14.7. The van der Waals surface area contributed by atoms with Crippen LogP contribution in [-0.4, -0.2) is 48.6 Å². The summed E-state index contributed by atoms with van der Waals surface area (Å²) in [6, 6.07) is 6.48. The van der Waals surface area contributed by atoms with Gasteiger partial charge in [-0.05, 0) is 12.1 Å². The molecule has 0 spiro atoms. The second kappa shape index (κ2) is 5.43. The highest BCUT2D eigenvalue weighted by Gasteiger charge is 2.36. The van der Waals surface area contributed by atoms with Crippen LogP contribution in [0.25, 0.3) is 0 Å². The SMILES string of the molecule is C=N/N=C(/CN1C(=O)c2ccccc2C1=O)C(=O)NC. The van der Waals surface area contributed by atoms with E-state index >= 15 is 0 Å². The lowest BCUT2D eigenvalue weighted by molar-refractivity contribution is -0.114. The maximum absolute atomic E-state index is 12.1. The number of hydrogen-bond donors (Lipinski definition) is 1. The monoisotopic (exact) mass is 272 g/mol. The van der Waals surface area contributed by atoms with Crippen molar-refractivity contribution in [2.75, 3.05) is 13.6 Å². The van der Waals surface area contributed by atoms with Gasteiger partial charge in [-0.15, -0.1) is 5.10 Å². The number of amides is 3. The highest BCUT2D eigenvalue weighted by atomic mass is 16.2. The van der Waals surface area contributed by atoms with E-state index in [4.69, 9.17) is 0 Å². The van der Waals surface area contributed by atoms with E-state index in [1.54, 1.807) is 24.3 Å². The van der Waals surface area contributed by atoms with Gasteiger partial charge in [0.25, 0.3) is 17.7 Å². The minimum absolute atomic E-state index is 0.0583. The number of carbonyl (C=O) groups excluding carboxylic acids is 3. The number of rotatable bonds is 4. The molecular formula is C13H12N4O3. The third kappa shape index (κ3) is 2.20. The van der Waals surface area contributed by atoms with Crippen molar-refractivity contribution in [3.05, 3.63) is 35.4 Å². The fourth-order valence-electron chi connectivity index (χ4n) is 1.91. The largest absolute Gasteiger partial charge is 0.354 e. The molecule has 0 unspecified atom stereocenters. The molecule has 0 fully saturated rings. The summed E-state index contributed by atoms with van der Waals surface area (Å²) in [5.74, 6) is -1.42. The first-order chi connectivity index (χ1) is 9.60. The highest BCUT2D eigenvalue weighted by Crippen LogP contribution is 2.22. The van der Waals surface area contributed by atoms with Gasteiger partial charge in [-0.3, -0.25) is 19.3 Å². The Balaban J connectivity index is 2.30. The van der Waals surface area contributed by atoms with E-state index in [1.807, 2.05) is 0 Å². The molecule has 102 valence electrons. The molecule has 20 heavy (non-hydrogen) atoms. The van der Waals surface area contributed by atoms with Crippen molar-refractivity contribution >= 4 is 30.2 Å². The van der Waals surface area contributed by atoms with Crippen LogP contribution >= 0.6 is 0 Å². The van der Waals surface area contributed by atoms with E-state index in [2.05, 4.69) is 22.2 Å². The topological polar surface area (TPSA) is 91.2 Å². The van der Waals surface area contributed by atoms with Crippen LogP contribution in [0, 0.1) is 0 Å².